The number of piperidine rings is 1. The van der Waals surface area contributed by atoms with Gasteiger partial charge in [0.25, 0.3) is 0 Å². The van der Waals surface area contributed by atoms with Crippen LogP contribution >= 0.6 is 0 Å². The van der Waals surface area contributed by atoms with Gasteiger partial charge in [-0.05, 0) is 32.1 Å². The second-order valence-corrected chi connectivity index (χ2v) is 4.95. The fraction of sp³-hybridized carbons (Fsp3) is 0.917. The maximum atomic E-state index is 12.2. The SMILES string of the molecule is CC1OCCC1C(=O)N1CCCC(CO)C1. The number of aliphatic hydroxyl groups excluding tert-OH is 1. The van der Waals surface area contributed by atoms with Crippen molar-refractivity contribution in [2.75, 3.05) is 26.3 Å². The predicted molar refractivity (Wildman–Crippen MR) is 59.9 cm³/mol. The minimum Gasteiger partial charge on any atom is -0.396 e. The molecule has 0 saturated carbocycles. The lowest BCUT2D eigenvalue weighted by Gasteiger charge is -2.34. The first kappa shape index (κ1) is 11.9. The number of hydrogen-bond donors (Lipinski definition) is 1. The molecule has 0 aliphatic carbocycles. The van der Waals surface area contributed by atoms with E-state index in [-0.39, 0.29) is 30.5 Å². The van der Waals surface area contributed by atoms with Crippen molar-refractivity contribution < 1.29 is 14.6 Å². The van der Waals surface area contributed by atoms with Crippen molar-refractivity contribution in [2.45, 2.75) is 32.3 Å². The number of ether oxygens (including phenoxy) is 1. The lowest BCUT2D eigenvalue weighted by Crippen LogP contribution is -2.45. The first-order valence-corrected chi connectivity index (χ1v) is 6.23. The van der Waals surface area contributed by atoms with Gasteiger partial charge in [-0.15, -0.1) is 0 Å². The molecule has 4 nitrogen and oxygen atoms in total. The van der Waals surface area contributed by atoms with E-state index in [0.29, 0.717) is 6.61 Å². The summed E-state index contributed by atoms with van der Waals surface area (Å²) in [5, 5.41) is 9.15. The Hall–Kier alpha value is -0.610. The molecule has 92 valence electrons. The van der Waals surface area contributed by atoms with Crippen molar-refractivity contribution in [1.29, 1.82) is 0 Å². The average Bonchev–Trinajstić information content (AvgIpc) is 2.74. The second-order valence-electron chi connectivity index (χ2n) is 4.95. The molecular weight excluding hydrogens is 206 g/mol. The van der Waals surface area contributed by atoms with Crippen LogP contribution in [0.15, 0.2) is 0 Å². The summed E-state index contributed by atoms with van der Waals surface area (Å²) in [5.41, 5.74) is 0. The van der Waals surface area contributed by atoms with Gasteiger partial charge in [-0.1, -0.05) is 0 Å². The molecule has 2 fully saturated rings. The molecule has 1 amide bonds. The van der Waals surface area contributed by atoms with Gasteiger partial charge in [0, 0.05) is 26.3 Å². The van der Waals surface area contributed by atoms with Crippen LogP contribution in [0.25, 0.3) is 0 Å². The molecule has 2 aliphatic rings. The monoisotopic (exact) mass is 227 g/mol. The van der Waals surface area contributed by atoms with Gasteiger partial charge in [0.15, 0.2) is 0 Å². The molecule has 2 saturated heterocycles. The Morgan fingerprint density at radius 1 is 1.50 bits per heavy atom. The van der Waals surface area contributed by atoms with Crippen LogP contribution in [0.5, 0.6) is 0 Å². The molecule has 3 atom stereocenters. The predicted octanol–water partition coefficient (Wildman–Crippen LogP) is 0.642. The largest absolute Gasteiger partial charge is 0.396 e. The lowest BCUT2D eigenvalue weighted by molar-refractivity contribution is -0.139. The zero-order valence-corrected chi connectivity index (χ0v) is 9.89. The number of hydrogen-bond acceptors (Lipinski definition) is 3. The highest BCUT2D eigenvalue weighted by Gasteiger charge is 2.35. The highest BCUT2D eigenvalue weighted by Crippen LogP contribution is 2.25. The van der Waals surface area contributed by atoms with Crippen molar-refractivity contribution in [3.05, 3.63) is 0 Å². The molecule has 2 heterocycles. The minimum atomic E-state index is 0.0393. The van der Waals surface area contributed by atoms with Gasteiger partial charge in [-0.3, -0.25) is 4.79 Å². The van der Waals surface area contributed by atoms with Crippen LogP contribution in [0.1, 0.15) is 26.2 Å². The lowest BCUT2D eigenvalue weighted by atomic mass is 9.95. The van der Waals surface area contributed by atoms with Crippen LogP contribution in [0.3, 0.4) is 0 Å². The van der Waals surface area contributed by atoms with E-state index in [1.54, 1.807) is 0 Å². The molecular formula is C12H21NO3. The fourth-order valence-electron chi connectivity index (χ4n) is 2.70. The highest BCUT2D eigenvalue weighted by molar-refractivity contribution is 5.79. The molecule has 0 bridgehead atoms. The number of amides is 1. The van der Waals surface area contributed by atoms with Crippen molar-refractivity contribution in [1.82, 2.24) is 4.90 Å². The van der Waals surface area contributed by atoms with Gasteiger partial charge >= 0.3 is 0 Å². The van der Waals surface area contributed by atoms with Gasteiger partial charge in [-0.2, -0.15) is 0 Å². The molecule has 1 N–H and O–H groups in total. The Kier molecular flexibility index (Phi) is 3.82. The molecule has 3 unspecified atom stereocenters. The van der Waals surface area contributed by atoms with Crippen LogP contribution in [-0.4, -0.2) is 48.3 Å². The van der Waals surface area contributed by atoms with Gasteiger partial charge in [0.05, 0.1) is 12.0 Å². The zero-order valence-electron chi connectivity index (χ0n) is 9.89. The third-order valence-corrected chi connectivity index (χ3v) is 3.78. The molecule has 0 aromatic rings. The molecule has 0 radical (unpaired) electrons. The molecule has 2 aliphatic heterocycles. The minimum absolute atomic E-state index is 0.0393. The van der Waals surface area contributed by atoms with Gasteiger partial charge in [0.1, 0.15) is 0 Å². The van der Waals surface area contributed by atoms with Crippen LogP contribution in [0.2, 0.25) is 0 Å². The topological polar surface area (TPSA) is 49.8 Å². The first-order chi connectivity index (χ1) is 7.72. The Bertz CT molecular complexity index is 257. The quantitative estimate of drug-likeness (QED) is 0.753. The number of aliphatic hydroxyl groups is 1. The van der Waals surface area contributed by atoms with E-state index in [1.165, 1.54) is 0 Å². The van der Waals surface area contributed by atoms with Crippen LogP contribution in [-0.2, 0) is 9.53 Å². The summed E-state index contributed by atoms with van der Waals surface area (Å²) in [4.78, 5) is 14.2. The fourth-order valence-corrected chi connectivity index (χ4v) is 2.70. The number of likely N-dealkylation sites (tertiary alicyclic amines) is 1. The summed E-state index contributed by atoms with van der Waals surface area (Å²) in [6.07, 6.45) is 2.96. The highest BCUT2D eigenvalue weighted by atomic mass is 16.5. The standard InChI is InChI=1S/C12H21NO3/c1-9-11(4-6-16-9)12(15)13-5-2-3-10(7-13)8-14/h9-11,14H,2-8H2,1H3. The summed E-state index contributed by atoms with van der Waals surface area (Å²) in [6.45, 7) is 4.44. The van der Waals surface area contributed by atoms with E-state index in [9.17, 15) is 4.79 Å². The van der Waals surface area contributed by atoms with E-state index in [2.05, 4.69) is 0 Å². The zero-order chi connectivity index (χ0) is 11.5. The van der Waals surface area contributed by atoms with Crippen molar-refractivity contribution >= 4 is 5.91 Å². The van der Waals surface area contributed by atoms with E-state index < -0.39 is 0 Å². The normalized spacial score (nSPS) is 35.4. The summed E-state index contributed by atoms with van der Waals surface area (Å²) < 4.78 is 5.43. The third-order valence-electron chi connectivity index (χ3n) is 3.78. The Morgan fingerprint density at radius 2 is 2.31 bits per heavy atom. The maximum absolute atomic E-state index is 12.2. The van der Waals surface area contributed by atoms with E-state index in [0.717, 1.165) is 32.4 Å². The Balaban J connectivity index is 1.93. The second kappa shape index (κ2) is 5.15. The average molecular weight is 227 g/mol. The third kappa shape index (κ3) is 2.38. The van der Waals surface area contributed by atoms with Crippen molar-refractivity contribution in [3.8, 4) is 0 Å². The van der Waals surface area contributed by atoms with Crippen LogP contribution in [0, 0.1) is 11.8 Å². The molecule has 4 heteroatoms. The number of nitrogens with zero attached hydrogens (tertiary/aromatic N) is 1. The summed E-state index contributed by atoms with van der Waals surface area (Å²) >= 11 is 0. The number of rotatable bonds is 2. The van der Waals surface area contributed by atoms with Crippen LogP contribution in [0.4, 0.5) is 0 Å². The molecule has 0 spiro atoms. The van der Waals surface area contributed by atoms with Crippen LogP contribution < -0.4 is 0 Å². The van der Waals surface area contributed by atoms with Gasteiger partial charge < -0.3 is 14.7 Å². The van der Waals surface area contributed by atoms with Gasteiger partial charge in [0.2, 0.25) is 5.91 Å². The number of carbonyl (C=O) groups is 1. The smallest absolute Gasteiger partial charge is 0.228 e. The first-order valence-electron chi connectivity index (χ1n) is 6.23. The molecule has 0 aromatic carbocycles. The van der Waals surface area contributed by atoms with E-state index in [4.69, 9.17) is 9.84 Å². The Morgan fingerprint density at radius 3 is 2.94 bits per heavy atom. The van der Waals surface area contributed by atoms with E-state index >= 15 is 0 Å². The van der Waals surface area contributed by atoms with Crippen molar-refractivity contribution in [3.63, 3.8) is 0 Å². The summed E-state index contributed by atoms with van der Waals surface area (Å²) in [5.74, 6) is 0.538. The molecule has 16 heavy (non-hydrogen) atoms. The molecule has 0 aromatic heterocycles. The van der Waals surface area contributed by atoms with Crippen molar-refractivity contribution in [2.24, 2.45) is 11.8 Å². The Labute approximate surface area is 96.6 Å². The summed E-state index contributed by atoms with van der Waals surface area (Å²) in [6, 6.07) is 0. The van der Waals surface area contributed by atoms with E-state index in [1.807, 2.05) is 11.8 Å². The maximum Gasteiger partial charge on any atom is 0.228 e. The van der Waals surface area contributed by atoms with Gasteiger partial charge in [-0.25, -0.2) is 0 Å². The summed E-state index contributed by atoms with van der Waals surface area (Å²) in [7, 11) is 0. The number of carbonyl (C=O) groups excluding carboxylic acids is 1. The molecule has 2 rings (SSSR count).